The molecule has 3 rings (SSSR count). The van der Waals surface area contributed by atoms with Crippen molar-refractivity contribution < 1.29 is 18.0 Å². The zero-order valence-corrected chi connectivity index (χ0v) is 15.3. The van der Waals surface area contributed by atoms with Crippen molar-refractivity contribution in [2.75, 3.05) is 11.1 Å². The molecule has 0 radical (unpaired) electrons. The molecule has 0 bridgehead atoms. The largest absolute Gasteiger partial charge is 0.416 e. The third-order valence-electron chi connectivity index (χ3n) is 4.36. The predicted molar refractivity (Wildman–Crippen MR) is 94.9 cm³/mol. The number of carbonyl (C=O) groups excluding carboxylic acids is 1. The molecule has 1 amide bonds. The van der Waals surface area contributed by atoms with Crippen LogP contribution in [-0.2, 0) is 24.1 Å². The summed E-state index contributed by atoms with van der Waals surface area (Å²) in [5, 5.41) is 3.07. The monoisotopic (exact) mass is 399 g/mol. The predicted octanol–water partition coefficient (Wildman–Crippen LogP) is 3.77. The molecular weight excluding hydrogens is 383 g/mol. The second-order valence-electron chi connectivity index (χ2n) is 6.39. The van der Waals surface area contributed by atoms with Crippen LogP contribution in [-0.4, -0.2) is 20.8 Å². The summed E-state index contributed by atoms with van der Waals surface area (Å²) in [6.07, 6.45) is -4.49. The third-order valence-corrected chi connectivity index (χ3v) is 4.53. The number of hydrogen-bond donors (Lipinski definition) is 2. The van der Waals surface area contributed by atoms with Gasteiger partial charge in [-0.25, -0.2) is 9.97 Å². The van der Waals surface area contributed by atoms with Gasteiger partial charge in [0, 0.05) is 18.2 Å². The third kappa shape index (κ3) is 4.08. The lowest BCUT2D eigenvalue weighted by molar-refractivity contribution is -0.137. The van der Waals surface area contributed by atoms with Crippen LogP contribution in [0.3, 0.4) is 0 Å². The molecule has 0 fully saturated rings. The van der Waals surface area contributed by atoms with Gasteiger partial charge in [-0.1, -0.05) is 0 Å². The number of hydrogen-bond acceptors (Lipinski definition) is 5. The van der Waals surface area contributed by atoms with Crippen molar-refractivity contribution in [1.82, 2.24) is 14.9 Å². The molecule has 1 aromatic heterocycles. The molecule has 0 saturated heterocycles. The van der Waals surface area contributed by atoms with Crippen molar-refractivity contribution in [2.24, 2.45) is 0 Å². The Bertz CT molecular complexity index is 903. The molecule has 1 aromatic carbocycles. The topological polar surface area (TPSA) is 84.1 Å². The van der Waals surface area contributed by atoms with E-state index in [2.05, 4.69) is 15.3 Å². The summed E-state index contributed by atoms with van der Waals surface area (Å²) in [7, 11) is 0. The normalized spacial score (nSPS) is 14.8. The van der Waals surface area contributed by atoms with Crippen molar-refractivity contribution in [3.05, 3.63) is 45.9 Å². The number of nitrogens with two attached hydrogens (primary N) is 1. The number of anilines is 2. The molecule has 0 saturated carbocycles. The number of amides is 1. The Labute approximate surface area is 158 Å². The number of nitrogen functional groups attached to an aromatic ring is 1. The molecule has 0 unspecified atom stereocenters. The van der Waals surface area contributed by atoms with Crippen LogP contribution >= 0.6 is 11.6 Å². The van der Waals surface area contributed by atoms with Crippen LogP contribution in [0.25, 0.3) is 0 Å². The molecule has 1 atom stereocenters. The van der Waals surface area contributed by atoms with Crippen molar-refractivity contribution in [2.45, 2.75) is 39.2 Å². The van der Waals surface area contributed by atoms with Crippen molar-refractivity contribution in [1.29, 1.82) is 0 Å². The van der Waals surface area contributed by atoms with E-state index in [0.717, 1.165) is 12.1 Å². The van der Waals surface area contributed by atoms with E-state index in [1.807, 2.05) is 0 Å². The van der Waals surface area contributed by atoms with E-state index in [-0.39, 0.29) is 16.9 Å². The first-order valence-electron chi connectivity index (χ1n) is 8.09. The number of nitrogens with one attached hydrogen (secondary N) is 1. The van der Waals surface area contributed by atoms with Gasteiger partial charge in [-0.2, -0.15) is 13.2 Å². The molecule has 2 aromatic rings. The van der Waals surface area contributed by atoms with E-state index in [4.69, 9.17) is 17.3 Å². The van der Waals surface area contributed by atoms with Gasteiger partial charge in [0.1, 0.15) is 5.82 Å². The molecule has 0 aliphatic carbocycles. The molecule has 27 heavy (non-hydrogen) atoms. The van der Waals surface area contributed by atoms with Crippen molar-refractivity contribution >= 4 is 29.0 Å². The summed E-state index contributed by atoms with van der Waals surface area (Å²) < 4.78 is 39.1. The molecule has 6 nitrogen and oxygen atoms in total. The first-order valence-corrected chi connectivity index (χ1v) is 8.47. The number of alkyl halides is 3. The highest BCUT2D eigenvalue weighted by molar-refractivity contribution is 6.28. The second-order valence-corrected chi connectivity index (χ2v) is 6.73. The maximum atomic E-state index is 13.0. The van der Waals surface area contributed by atoms with Crippen molar-refractivity contribution in [3.8, 4) is 0 Å². The maximum Gasteiger partial charge on any atom is 0.416 e. The maximum absolute atomic E-state index is 13.0. The number of carbonyl (C=O) groups is 1. The van der Waals surface area contributed by atoms with E-state index in [1.165, 1.54) is 13.0 Å². The number of nitrogens with zero attached hydrogens (tertiary/aromatic N) is 3. The van der Waals surface area contributed by atoms with Gasteiger partial charge >= 0.3 is 6.18 Å². The highest BCUT2D eigenvalue weighted by Gasteiger charge is 2.32. The van der Waals surface area contributed by atoms with E-state index in [0.29, 0.717) is 35.7 Å². The van der Waals surface area contributed by atoms with Gasteiger partial charge in [0.2, 0.25) is 11.2 Å². The first kappa shape index (κ1) is 19.2. The highest BCUT2D eigenvalue weighted by atomic mass is 35.5. The number of benzene rings is 1. The highest BCUT2D eigenvalue weighted by Crippen LogP contribution is 2.34. The first-order chi connectivity index (χ1) is 12.5. The average molecular weight is 400 g/mol. The smallest absolute Gasteiger partial charge is 0.399 e. The Kier molecular flexibility index (Phi) is 4.90. The van der Waals surface area contributed by atoms with Gasteiger partial charge in [0.25, 0.3) is 0 Å². The van der Waals surface area contributed by atoms with Crippen LogP contribution in [0.4, 0.5) is 24.7 Å². The standard InChI is InChI=1S/C17H17ClF3N5O/c1-8(10-3-11(17(19,20)21)5-12(22)4-10)23-15-13-6-26(9(2)27)7-14(13)24-16(18)25-15/h3-5,8H,6-7,22H2,1-2H3,(H,23,24,25)/t8-/m1/s1. The number of aromatic nitrogens is 2. The Morgan fingerprint density at radius 2 is 2.00 bits per heavy atom. The molecule has 0 spiro atoms. The zero-order valence-electron chi connectivity index (χ0n) is 14.6. The van der Waals surface area contributed by atoms with E-state index in [1.54, 1.807) is 11.8 Å². The Morgan fingerprint density at radius 3 is 2.63 bits per heavy atom. The fraction of sp³-hybridized carbons (Fsp3) is 0.353. The number of fused-ring (bicyclic) bond motifs is 1. The van der Waals surface area contributed by atoms with Crippen LogP contribution in [0.1, 0.15) is 42.3 Å². The lowest BCUT2D eigenvalue weighted by Gasteiger charge is -2.19. The lowest BCUT2D eigenvalue weighted by atomic mass is 10.0. The average Bonchev–Trinajstić information content (AvgIpc) is 2.97. The molecule has 3 N–H and O–H groups in total. The minimum absolute atomic E-state index is 0.00240. The summed E-state index contributed by atoms with van der Waals surface area (Å²) in [6, 6.07) is 2.87. The molecule has 2 heterocycles. The zero-order chi connectivity index (χ0) is 19.9. The summed E-state index contributed by atoms with van der Waals surface area (Å²) in [6.45, 7) is 3.76. The summed E-state index contributed by atoms with van der Waals surface area (Å²) in [5.41, 5.74) is 6.49. The van der Waals surface area contributed by atoms with Gasteiger partial charge in [-0.15, -0.1) is 0 Å². The van der Waals surface area contributed by atoms with Gasteiger partial charge < -0.3 is 16.0 Å². The minimum Gasteiger partial charge on any atom is -0.399 e. The Hall–Kier alpha value is -2.55. The fourth-order valence-corrected chi connectivity index (χ4v) is 3.13. The Morgan fingerprint density at radius 1 is 1.30 bits per heavy atom. The molecule has 1 aliphatic heterocycles. The van der Waals surface area contributed by atoms with Gasteiger partial charge in [0.15, 0.2) is 0 Å². The van der Waals surface area contributed by atoms with E-state index < -0.39 is 17.8 Å². The fourth-order valence-electron chi connectivity index (χ4n) is 2.95. The molecule has 144 valence electrons. The van der Waals surface area contributed by atoms with Gasteiger partial charge in [0.05, 0.1) is 30.4 Å². The Balaban J connectivity index is 1.91. The SMILES string of the molecule is CC(=O)N1Cc2nc(Cl)nc(N[C@H](C)c3cc(N)cc(C(F)(F)F)c3)c2C1. The summed E-state index contributed by atoms with van der Waals surface area (Å²) in [5.74, 6) is 0.269. The number of rotatable bonds is 3. The van der Waals surface area contributed by atoms with Crippen LogP contribution in [0.15, 0.2) is 18.2 Å². The quantitative estimate of drug-likeness (QED) is 0.606. The number of halogens is 4. The van der Waals surface area contributed by atoms with Crippen LogP contribution in [0.2, 0.25) is 5.28 Å². The lowest BCUT2D eigenvalue weighted by Crippen LogP contribution is -2.22. The van der Waals surface area contributed by atoms with Crippen LogP contribution in [0.5, 0.6) is 0 Å². The van der Waals surface area contributed by atoms with Gasteiger partial charge in [-0.05, 0) is 42.3 Å². The van der Waals surface area contributed by atoms with Gasteiger partial charge in [-0.3, -0.25) is 4.79 Å². The second kappa shape index (κ2) is 6.88. The summed E-state index contributed by atoms with van der Waals surface area (Å²) >= 11 is 5.96. The molecular formula is C17H17ClF3N5O. The molecule has 1 aliphatic rings. The summed E-state index contributed by atoms with van der Waals surface area (Å²) in [4.78, 5) is 21.5. The van der Waals surface area contributed by atoms with Crippen molar-refractivity contribution in [3.63, 3.8) is 0 Å². The minimum atomic E-state index is -4.49. The van der Waals surface area contributed by atoms with E-state index in [9.17, 15) is 18.0 Å². The van der Waals surface area contributed by atoms with Crippen LogP contribution in [0, 0.1) is 0 Å². The molecule has 10 heteroatoms. The van der Waals surface area contributed by atoms with Crippen LogP contribution < -0.4 is 11.1 Å². The van der Waals surface area contributed by atoms with E-state index >= 15 is 0 Å².